The first kappa shape index (κ1) is 10.4. The van der Waals surface area contributed by atoms with Crippen molar-refractivity contribution in [2.24, 2.45) is 11.0 Å². The lowest BCUT2D eigenvalue weighted by molar-refractivity contribution is -0.146. The van der Waals surface area contributed by atoms with Gasteiger partial charge < -0.3 is 14.6 Å². The van der Waals surface area contributed by atoms with Crippen LogP contribution in [0.3, 0.4) is 0 Å². The van der Waals surface area contributed by atoms with E-state index in [9.17, 15) is 5.11 Å². The number of allylic oxidation sites excluding steroid dienone is 1. The molecule has 0 unspecified atom stereocenters. The molecule has 2 heterocycles. The maximum Gasteiger partial charge on any atom is 0.169 e. The number of nitrogens with zero attached hydrogens (tertiary/aromatic N) is 3. The minimum Gasteiger partial charge on any atom is -0.392 e. The van der Waals surface area contributed by atoms with Gasteiger partial charge in [0.2, 0.25) is 0 Å². The number of fused-ring (bicyclic) bond motifs is 2. The van der Waals surface area contributed by atoms with Gasteiger partial charge in [0.25, 0.3) is 0 Å². The highest BCUT2D eigenvalue weighted by atomic mass is 16.7. The highest BCUT2D eigenvalue weighted by molar-refractivity contribution is 5.04. The first-order chi connectivity index (χ1) is 7.27. The molecular formula is C9H13N3O3. The monoisotopic (exact) mass is 211 g/mol. The molecule has 0 aromatic heterocycles. The van der Waals surface area contributed by atoms with Gasteiger partial charge in [-0.25, -0.2) is 0 Å². The fourth-order valence-corrected chi connectivity index (χ4v) is 2.07. The minimum absolute atomic E-state index is 0.133. The van der Waals surface area contributed by atoms with Crippen molar-refractivity contribution >= 4 is 0 Å². The number of azide groups is 1. The molecule has 5 atom stereocenters. The summed E-state index contributed by atoms with van der Waals surface area (Å²) in [5, 5.41) is 13.5. The van der Waals surface area contributed by atoms with Crippen LogP contribution in [0.15, 0.2) is 17.3 Å². The van der Waals surface area contributed by atoms with Gasteiger partial charge in [-0.15, -0.1) is 0 Å². The summed E-state index contributed by atoms with van der Waals surface area (Å²) in [4.78, 5) is 2.70. The number of rotatable bonds is 2. The second-order valence-electron chi connectivity index (χ2n) is 3.67. The van der Waals surface area contributed by atoms with Crippen LogP contribution in [0.4, 0.5) is 0 Å². The Balaban J connectivity index is 2.23. The van der Waals surface area contributed by atoms with Crippen LogP contribution in [0.25, 0.3) is 10.4 Å². The van der Waals surface area contributed by atoms with Gasteiger partial charge in [-0.3, -0.25) is 0 Å². The fourth-order valence-electron chi connectivity index (χ4n) is 2.07. The summed E-state index contributed by atoms with van der Waals surface area (Å²) in [5.41, 5.74) is 8.40. The van der Waals surface area contributed by atoms with E-state index in [4.69, 9.17) is 15.0 Å². The van der Waals surface area contributed by atoms with Gasteiger partial charge in [-0.2, -0.15) is 0 Å². The average molecular weight is 211 g/mol. The van der Waals surface area contributed by atoms with E-state index in [1.165, 1.54) is 0 Å². The Bertz CT molecular complexity index is 314. The molecule has 2 bridgehead atoms. The molecule has 1 N–H and O–H groups in total. The quantitative estimate of drug-likeness (QED) is 0.319. The van der Waals surface area contributed by atoms with Crippen LogP contribution in [0.2, 0.25) is 0 Å². The van der Waals surface area contributed by atoms with Gasteiger partial charge in [0.15, 0.2) is 6.29 Å². The van der Waals surface area contributed by atoms with Gasteiger partial charge in [0, 0.05) is 10.8 Å². The fraction of sp³-hybridized carbons (Fsp3) is 0.778. The number of hydrogen-bond donors (Lipinski definition) is 1. The predicted molar refractivity (Wildman–Crippen MR) is 51.9 cm³/mol. The molecule has 2 aliphatic heterocycles. The molecular weight excluding hydrogens is 198 g/mol. The molecule has 0 aromatic rings. The summed E-state index contributed by atoms with van der Waals surface area (Å²) in [5.74, 6) is -0.163. The van der Waals surface area contributed by atoms with Crippen molar-refractivity contribution in [2.75, 3.05) is 6.61 Å². The third-order valence-corrected chi connectivity index (χ3v) is 2.79. The second kappa shape index (κ2) is 4.20. The molecule has 2 aliphatic rings. The van der Waals surface area contributed by atoms with E-state index < -0.39 is 18.4 Å². The number of aliphatic hydroxyl groups is 1. The molecule has 6 heteroatoms. The van der Waals surface area contributed by atoms with Gasteiger partial charge in [0.1, 0.15) is 6.04 Å². The smallest absolute Gasteiger partial charge is 0.169 e. The first-order valence-electron chi connectivity index (χ1n) is 4.90. The Morgan fingerprint density at radius 2 is 2.40 bits per heavy atom. The maximum absolute atomic E-state index is 10.00. The molecule has 6 nitrogen and oxygen atoms in total. The molecule has 0 radical (unpaired) electrons. The maximum atomic E-state index is 10.00. The number of ether oxygens (including phenoxy) is 2. The third kappa shape index (κ3) is 1.72. The summed E-state index contributed by atoms with van der Waals surface area (Å²) in [7, 11) is 0. The summed E-state index contributed by atoms with van der Waals surface area (Å²) in [6, 6.07) is -0.657. The van der Waals surface area contributed by atoms with Crippen molar-refractivity contribution in [3.05, 3.63) is 22.6 Å². The van der Waals surface area contributed by atoms with Crippen molar-refractivity contribution in [3.63, 3.8) is 0 Å². The summed E-state index contributed by atoms with van der Waals surface area (Å²) < 4.78 is 10.8. The van der Waals surface area contributed by atoms with Gasteiger partial charge in [-0.1, -0.05) is 17.3 Å². The zero-order valence-corrected chi connectivity index (χ0v) is 8.35. The molecule has 0 aromatic carbocycles. The highest BCUT2D eigenvalue weighted by Gasteiger charge is 2.48. The van der Waals surface area contributed by atoms with E-state index in [-0.39, 0.29) is 12.0 Å². The van der Waals surface area contributed by atoms with Crippen molar-refractivity contribution < 1.29 is 14.6 Å². The molecule has 0 saturated carbocycles. The van der Waals surface area contributed by atoms with Crippen molar-refractivity contribution in [1.82, 2.24) is 0 Å². The second-order valence-corrected chi connectivity index (χ2v) is 3.67. The first-order valence-corrected chi connectivity index (χ1v) is 4.90. The third-order valence-electron chi connectivity index (χ3n) is 2.79. The van der Waals surface area contributed by atoms with E-state index >= 15 is 0 Å². The Morgan fingerprint density at radius 3 is 3.07 bits per heavy atom. The minimum atomic E-state index is -0.733. The van der Waals surface area contributed by atoms with E-state index in [1.54, 1.807) is 0 Å². The zero-order chi connectivity index (χ0) is 10.8. The Kier molecular flexibility index (Phi) is 2.93. The van der Waals surface area contributed by atoms with E-state index in [0.29, 0.717) is 6.61 Å². The topological polar surface area (TPSA) is 87.5 Å². The van der Waals surface area contributed by atoms with Crippen molar-refractivity contribution in [3.8, 4) is 0 Å². The van der Waals surface area contributed by atoms with E-state index in [0.717, 1.165) is 0 Å². The van der Waals surface area contributed by atoms with Crippen LogP contribution in [-0.2, 0) is 9.47 Å². The molecule has 2 saturated heterocycles. The largest absolute Gasteiger partial charge is 0.392 e. The Hall–Kier alpha value is -1.07. The van der Waals surface area contributed by atoms with Crippen LogP contribution in [0.1, 0.15) is 6.92 Å². The lowest BCUT2D eigenvalue weighted by Gasteiger charge is -2.34. The molecule has 15 heavy (non-hydrogen) atoms. The zero-order valence-electron chi connectivity index (χ0n) is 8.35. The Labute approximate surface area is 87.1 Å². The van der Waals surface area contributed by atoms with Crippen LogP contribution in [0.5, 0.6) is 0 Å². The number of hydrogen-bond acceptors (Lipinski definition) is 4. The van der Waals surface area contributed by atoms with Crippen LogP contribution in [0, 0.1) is 5.92 Å². The molecule has 0 aliphatic carbocycles. The lowest BCUT2D eigenvalue weighted by atomic mass is 9.89. The molecule has 82 valence electrons. The van der Waals surface area contributed by atoms with E-state index in [1.807, 2.05) is 19.1 Å². The summed E-state index contributed by atoms with van der Waals surface area (Å²) >= 11 is 0. The van der Waals surface area contributed by atoms with Crippen LogP contribution >= 0.6 is 0 Å². The standard InChI is InChI=1S/C9H13N3O3/c1-2-3-5-6-4-14-9(15-6)7(8(5)13)11-12-10/h2-3,5-9,13H,4H2,1H3/t5-,6-,7+,8+,9-/m1/s1. The summed E-state index contributed by atoms with van der Waals surface area (Å²) in [6.07, 6.45) is 2.25. The van der Waals surface area contributed by atoms with Crippen molar-refractivity contribution in [2.45, 2.75) is 31.5 Å². The lowest BCUT2D eigenvalue weighted by Crippen LogP contribution is -2.48. The molecule has 0 spiro atoms. The number of aliphatic hydroxyl groups excluding tert-OH is 1. The summed E-state index contributed by atoms with van der Waals surface area (Å²) in [6.45, 7) is 2.31. The molecule has 2 rings (SSSR count). The van der Waals surface area contributed by atoms with Gasteiger partial charge in [-0.05, 0) is 12.5 Å². The van der Waals surface area contributed by atoms with E-state index in [2.05, 4.69) is 10.0 Å². The molecule has 2 fully saturated rings. The SMILES string of the molecule is CC=C[C@H]1[C@H](O)[C@H](N=[N+]=[N-])[C@@H]2OC[C@H]1O2. The van der Waals surface area contributed by atoms with Crippen LogP contribution in [-0.4, -0.2) is 36.3 Å². The van der Waals surface area contributed by atoms with Crippen molar-refractivity contribution in [1.29, 1.82) is 0 Å². The van der Waals surface area contributed by atoms with Gasteiger partial charge in [0.05, 0.1) is 18.8 Å². The molecule has 0 amide bonds. The average Bonchev–Trinajstić information content (AvgIpc) is 2.65. The van der Waals surface area contributed by atoms with Crippen LogP contribution < -0.4 is 0 Å². The van der Waals surface area contributed by atoms with Gasteiger partial charge >= 0.3 is 0 Å². The Morgan fingerprint density at radius 1 is 1.60 bits per heavy atom. The highest BCUT2D eigenvalue weighted by Crippen LogP contribution is 2.34. The predicted octanol–water partition coefficient (Wildman–Crippen LogP) is 0.974. The normalized spacial score (nSPS) is 44.3.